The molecule has 2 aromatic heterocycles. The number of aryl methyl sites for hydroxylation is 2. The number of carbonyl (C=O) groups is 1. The van der Waals surface area contributed by atoms with Crippen LogP contribution in [0.3, 0.4) is 0 Å². The summed E-state index contributed by atoms with van der Waals surface area (Å²) in [5, 5.41) is 0. The van der Waals surface area contributed by atoms with Crippen LogP contribution in [0.25, 0.3) is 0 Å². The van der Waals surface area contributed by atoms with Crippen molar-refractivity contribution in [2.75, 3.05) is 0 Å². The number of nitrogen functional groups attached to an aromatic ring is 1. The van der Waals surface area contributed by atoms with Crippen molar-refractivity contribution in [1.29, 1.82) is 0 Å². The van der Waals surface area contributed by atoms with Crippen LogP contribution in [-0.2, 0) is 13.0 Å². The van der Waals surface area contributed by atoms with Crippen LogP contribution >= 0.6 is 11.3 Å². The third-order valence-corrected chi connectivity index (χ3v) is 4.08. The van der Waals surface area contributed by atoms with Crippen molar-refractivity contribution >= 4 is 17.2 Å². The van der Waals surface area contributed by atoms with Crippen molar-refractivity contribution < 1.29 is 4.79 Å². The molecule has 0 aromatic carbocycles. The highest BCUT2D eigenvalue weighted by Gasteiger charge is 2.12. The van der Waals surface area contributed by atoms with Crippen molar-refractivity contribution in [3.05, 3.63) is 39.6 Å². The minimum Gasteiger partial charge on any atom is -0.330 e. The number of thiophene rings is 1. The van der Waals surface area contributed by atoms with E-state index in [1.54, 1.807) is 0 Å². The number of aromatic nitrogens is 2. The van der Waals surface area contributed by atoms with E-state index in [-0.39, 0.29) is 5.91 Å². The highest BCUT2D eigenvalue weighted by Crippen LogP contribution is 2.22. The Morgan fingerprint density at radius 1 is 1.58 bits per heavy atom. The summed E-state index contributed by atoms with van der Waals surface area (Å²) < 4.78 is 2.13. The molecule has 0 saturated carbocycles. The van der Waals surface area contributed by atoms with Gasteiger partial charge in [0, 0.05) is 30.2 Å². The summed E-state index contributed by atoms with van der Waals surface area (Å²) in [5.41, 5.74) is 3.30. The third-order valence-electron chi connectivity index (χ3n) is 2.99. The van der Waals surface area contributed by atoms with Gasteiger partial charge in [-0.25, -0.2) is 10.8 Å². The number of hydrogen-bond acceptors (Lipinski definition) is 4. The molecule has 0 saturated heterocycles. The van der Waals surface area contributed by atoms with Crippen LogP contribution in [0.4, 0.5) is 0 Å². The van der Waals surface area contributed by atoms with E-state index in [0.29, 0.717) is 4.88 Å². The molecule has 0 fully saturated rings. The fourth-order valence-corrected chi connectivity index (χ4v) is 2.92. The molecule has 3 N–H and O–H groups in total. The van der Waals surface area contributed by atoms with E-state index in [1.165, 1.54) is 11.3 Å². The van der Waals surface area contributed by atoms with Crippen LogP contribution in [-0.4, -0.2) is 15.5 Å². The predicted molar refractivity (Wildman–Crippen MR) is 76.0 cm³/mol. The maximum atomic E-state index is 11.5. The second-order valence-corrected chi connectivity index (χ2v) is 5.64. The molecule has 0 aliphatic rings. The number of amides is 1. The van der Waals surface area contributed by atoms with Crippen molar-refractivity contribution in [3.63, 3.8) is 0 Å². The molecule has 0 spiro atoms. The van der Waals surface area contributed by atoms with Crippen LogP contribution in [0.15, 0.2) is 18.5 Å². The number of imidazole rings is 1. The molecular formula is C13H18N4OS. The molecule has 0 aliphatic heterocycles. The van der Waals surface area contributed by atoms with Gasteiger partial charge in [0.05, 0.1) is 4.88 Å². The number of rotatable bonds is 5. The standard InChI is InChI=1S/C13H18N4OS/c1-3-4-12-15-5-6-17(12)8-10-7-11(13(18)16-14)19-9(10)2/h5-7H,3-4,8,14H2,1-2H3,(H,16,18). The first-order chi connectivity index (χ1) is 9.15. The van der Waals surface area contributed by atoms with Gasteiger partial charge in [-0.2, -0.15) is 0 Å². The Labute approximate surface area is 116 Å². The molecule has 6 heteroatoms. The van der Waals surface area contributed by atoms with Crippen LogP contribution in [0.5, 0.6) is 0 Å². The zero-order valence-electron chi connectivity index (χ0n) is 11.1. The zero-order chi connectivity index (χ0) is 13.8. The Kier molecular flexibility index (Phi) is 4.34. The van der Waals surface area contributed by atoms with E-state index in [4.69, 9.17) is 5.84 Å². The third kappa shape index (κ3) is 3.02. The maximum absolute atomic E-state index is 11.5. The lowest BCUT2D eigenvalue weighted by Gasteiger charge is -2.06. The first-order valence-corrected chi connectivity index (χ1v) is 7.07. The van der Waals surface area contributed by atoms with Gasteiger partial charge in [-0.05, 0) is 25.0 Å². The Morgan fingerprint density at radius 2 is 2.37 bits per heavy atom. The molecule has 0 radical (unpaired) electrons. The monoisotopic (exact) mass is 278 g/mol. The summed E-state index contributed by atoms with van der Waals surface area (Å²) in [6.07, 6.45) is 5.83. The molecule has 102 valence electrons. The summed E-state index contributed by atoms with van der Waals surface area (Å²) >= 11 is 1.46. The summed E-state index contributed by atoms with van der Waals surface area (Å²) in [4.78, 5) is 17.6. The number of nitrogens with one attached hydrogen (secondary N) is 1. The molecule has 2 aromatic rings. The molecule has 0 atom stereocenters. The van der Waals surface area contributed by atoms with E-state index < -0.39 is 0 Å². The molecule has 19 heavy (non-hydrogen) atoms. The van der Waals surface area contributed by atoms with Gasteiger partial charge in [-0.15, -0.1) is 11.3 Å². The van der Waals surface area contributed by atoms with Crippen LogP contribution in [0.2, 0.25) is 0 Å². The van der Waals surface area contributed by atoms with Gasteiger partial charge in [0.1, 0.15) is 5.82 Å². The number of hydrogen-bond donors (Lipinski definition) is 2. The number of nitrogens with two attached hydrogens (primary N) is 1. The fraction of sp³-hybridized carbons (Fsp3) is 0.385. The molecule has 2 heterocycles. The predicted octanol–water partition coefficient (Wildman–Crippen LogP) is 1.86. The lowest BCUT2D eigenvalue weighted by atomic mass is 10.2. The second-order valence-electron chi connectivity index (χ2n) is 4.39. The highest BCUT2D eigenvalue weighted by atomic mass is 32.1. The average molecular weight is 278 g/mol. The van der Waals surface area contributed by atoms with Crippen molar-refractivity contribution in [1.82, 2.24) is 15.0 Å². The molecule has 0 bridgehead atoms. The van der Waals surface area contributed by atoms with Gasteiger partial charge in [-0.3, -0.25) is 10.2 Å². The van der Waals surface area contributed by atoms with Crippen molar-refractivity contribution in [3.8, 4) is 0 Å². The first kappa shape index (κ1) is 13.8. The largest absolute Gasteiger partial charge is 0.330 e. The second kappa shape index (κ2) is 5.99. The lowest BCUT2D eigenvalue weighted by molar-refractivity contribution is 0.0957. The zero-order valence-corrected chi connectivity index (χ0v) is 12.0. The first-order valence-electron chi connectivity index (χ1n) is 6.26. The van der Waals surface area contributed by atoms with E-state index in [0.717, 1.165) is 35.7 Å². The van der Waals surface area contributed by atoms with E-state index in [2.05, 4.69) is 21.9 Å². The van der Waals surface area contributed by atoms with Crippen molar-refractivity contribution in [2.24, 2.45) is 5.84 Å². The molecule has 2 rings (SSSR count). The Hall–Kier alpha value is -1.66. The minimum atomic E-state index is -0.237. The quantitative estimate of drug-likeness (QED) is 0.498. The molecule has 0 aliphatic carbocycles. The summed E-state index contributed by atoms with van der Waals surface area (Å²) in [5.74, 6) is 6.00. The SMILES string of the molecule is CCCc1nccn1Cc1cc(C(=O)NN)sc1C. The number of hydrazine groups is 1. The summed E-state index contributed by atoms with van der Waals surface area (Å²) in [6.45, 7) is 4.90. The van der Waals surface area contributed by atoms with Gasteiger partial charge in [-0.1, -0.05) is 6.92 Å². The van der Waals surface area contributed by atoms with E-state index in [1.807, 2.05) is 25.4 Å². The molecular weight excluding hydrogens is 260 g/mol. The lowest BCUT2D eigenvalue weighted by Crippen LogP contribution is -2.29. The average Bonchev–Trinajstić information content (AvgIpc) is 2.98. The van der Waals surface area contributed by atoms with Gasteiger partial charge in [0.15, 0.2) is 0 Å². The van der Waals surface area contributed by atoms with Gasteiger partial charge in [0.2, 0.25) is 0 Å². The molecule has 0 unspecified atom stereocenters. The van der Waals surface area contributed by atoms with Gasteiger partial charge < -0.3 is 4.57 Å². The minimum absolute atomic E-state index is 0.237. The fourth-order valence-electron chi connectivity index (χ4n) is 1.98. The highest BCUT2D eigenvalue weighted by molar-refractivity contribution is 7.14. The summed E-state index contributed by atoms with van der Waals surface area (Å²) in [6, 6.07) is 1.90. The van der Waals surface area contributed by atoms with Crippen LogP contribution in [0, 0.1) is 6.92 Å². The van der Waals surface area contributed by atoms with E-state index in [9.17, 15) is 4.79 Å². The normalized spacial score (nSPS) is 10.7. The summed E-state index contributed by atoms with van der Waals surface area (Å²) in [7, 11) is 0. The number of nitrogens with zero attached hydrogens (tertiary/aromatic N) is 2. The molecule has 1 amide bonds. The van der Waals surface area contributed by atoms with E-state index >= 15 is 0 Å². The van der Waals surface area contributed by atoms with Crippen molar-refractivity contribution in [2.45, 2.75) is 33.2 Å². The molecule has 5 nitrogen and oxygen atoms in total. The van der Waals surface area contributed by atoms with Gasteiger partial charge >= 0.3 is 0 Å². The maximum Gasteiger partial charge on any atom is 0.275 e. The Bertz CT molecular complexity index is 573. The Morgan fingerprint density at radius 3 is 3.05 bits per heavy atom. The van der Waals surface area contributed by atoms with Crippen LogP contribution in [0.1, 0.15) is 39.3 Å². The van der Waals surface area contributed by atoms with Gasteiger partial charge in [0.25, 0.3) is 5.91 Å². The van der Waals surface area contributed by atoms with Crippen LogP contribution < -0.4 is 11.3 Å². The number of carbonyl (C=O) groups excluding carboxylic acids is 1. The topological polar surface area (TPSA) is 72.9 Å². The smallest absolute Gasteiger partial charge is 0.275 e. The Balaban J connectivity index is 2.21.